The van der Waals surface area contributed by atoms with E-state index in [9.17, 15) is 9.90 Å². The smallest absolute Gasteiger partial charge is 0.223 e. The van der Waals surface area contributed by atoms with Crippen LogP contribution in [0.25, 0.3) is 0 Å². The molecule has 0 aliphatic carbocycles. The molecule has 0 radical (unpaired) electrons. The van der Waals surface area contributed by atoms with Crippen LogP contribution in [-0.2, 0) is 10.4 Å². The van der Waals surface area contributed by atoms with Crippen LogP contribution in [0, 0.1) is 5.41 Å². The number of nitrogens with one attached hydrogen (secondary N) is 1. The highest BCUT2D eigenvalue weighted by Gasteiger charge is 2.27. The number of hydrogen-bond acceptors (Lipinski definition) is 3. The molecule has 1 aromatic carbocycles. The van der Waals surface area contributed by atoms with Gasteiger partial charge in [0.15, 0.2) is 0 Å². The standard InChI is InChI=1S/C16H25NO3/c1-15(2,9-10-18)12-17-14(19)11-16(3,20)13-7-5-4-6-8-13/h4-8,18,20H,9-12H2,1-3H3,(H,17,19). The summed E-state index contributed by atoms with van der Waals surface area (Å²) >= 11 is 0. The van der Waals surface area contributed by atoms with Gasteiger partial charge in [0.2, 0.25) is 5.91 Å². The Morgan fingerprint density at radius 3 is 2.35 bits per heavy atom. The van der Waals surface area contributed by atoms with E-state index in [4.69, 9.17) is 5.11 Å². The predicted molar refractivity (Wildman–Crippen MR) is 79.1 cm³/mol. The number of hydrogen-bond donors (Lipinski definition) is 3. The maximum Gasteiger partial charge on any atom is 0.223 e. The SMILES string of the molecule is CC(C)(CCO)CNC(=O)CC(C)(O)c1ccccc1. The molecule has 112 valence electrons. The van der Waals surface area contributed by atoms with E-state index in [1.807, 2.05) is 44.2 Å². The van der Waals surface area contributed by atoms with E-state index in [1.165, 1.54) is 0 Å². The van der Waals surface area contributed by atoms with Crippen molar-refractivity contribution in [3.63, 3.8) is 0 Å². The average Bonchev–Trinajstić information content (AvgIpc) is 2.37. The minimum Gasteiger partial charge on any atom is -0.396 e. The number of rotatable bonds is 7. The van der Waals surface area contributed by atoms with Crippen molar-refractivity contribution in [1.82, 2.24) is 5.32 Å². The highest BCUT2D eigenvalue weighted by molar-refractivity contribution is 5.77. The second-order valence-corrected chi connectivity index (χ2v) is 6.23. The molecule has 1 rings (SSSR count). The Morgan fingerprint density at radius 1 is 1.20 bits per heavy atom. The molecule has 1 aromatic rings. The second-order valence-electron chi connectivity index (χ2n) is 6.23. The normalized spacial score (nSPS) is 14.7. The van der Waals surface area contributed by atoms with Gasteiger partial charge in [-0.1, -0.05) is 44.2 Å². The van der Waals surface area contributed by atoms with Gasteiger partial charge in [-0.15, -0.1) is 0 Å². The van der Waals surface area contributed by atoms with Gasteiger partial charge in [-0.2, -0.15) is 0 Å². The largest absolute Gasteiger partial charge is 0.396 e. The molecule has 0 aliphatic rings. The number of carbonyl (C=O) groups is 1. The summed E-state index contributed by atoms with van der Waals surface area (Å²) in [7, 11) is 0. The average molecular weight is 279 g/mol. The summed E-state index contributed by atoms with van der Waals surface area (Å²) < 4.78 is 0. The van der Waals surface area contributed by atoms with Gasteiger partial charge < -0.3 is 15.5 Å². The van der Waals surface area contributed by atoms with Crippen molar-refractivity contribution in [3.8, 4) is 0 Å². The van der Waals surface area contributed by atoms with Gasteiger partial charge in [0.1, 0.15) is 0 Å². The fraction of sp³-hybridized carbons (Fsp3) is 0.562. The Labute approximate surface area is 120 Å². The van der Waals surface area contributed by atoms with Crippen LogP contribution in [0.3, 0.4) is 0 Å². The number of aliphatic hydroxyl groups excluding tert-OH is 1. The summed E-state index contributed by atoms with van der Waals surface area (Å²) in [6.45, 7) is 6.19. The molecule has 0 fully saturated rings. The van der Waals surface area contributed by atoms with Gasteiger partial charge in [-0.05, 0) is 24.3 Å². The number of aliphatic hydroxyl groups is 2. The number of amides is 1. The van der Waals surface area contributed by atoms with Crippen LogP contribution < -0.4 is 5.32 Å². The molecule has 0 saturated carbocycles. The first-order valence-electron chi connectivity index (χ1n) is 6.92. The van der Waals surface area contributed by atoms with E-state index in [-0.39, 0.29) is 24.3 Å². The molecule has 0 heterocycles. The second kappa shape index (κ2) is 6.86. The fourth-order valence-corrected chi connectivity index (χ4v) is 2.00. The Morgan fingerprint density at radius 2 is 1.80 bits per heavy atom. The fourth-order valence-electron chi connectivity index (χ4n) is 2.00. The van der Waals surface area contributed by atoms with E-state index in [2.05, 4.69) is 5.32 Å². The summed E-state index contributed by atoms with van der Waals surface area (Å²) in [6.07, 6.45) is 0.647. The molecule has 0 bridgehead atoms. The number of benzene rings is 1. The van der Waals surface area contributed by atoms with Gasteiger partial charge >= 0.3 is 0 Å². The third-order valence-electron chi connectivity index (χ3n) is 3.45. The van der Waals surface area contributed by atoms with Crippen LogP contribution in [-0.4, -0.2) is 29.3 Å². The van der Waals surface area contributed by atoms with E-state index in [0.717, 1.165) is 5.56 Å². The van der Waals surface area contributed by atoms with Crippen molar-refractivity contribution in [2.45, 2.75) is 39.2 Å². The topological polar surface area (TPSA) is 69.6 Å². The van der Waals surface area contributed by atoms with Gasteiger partial charge in [0, 0.05) is 13.2 Å². The van der Waals surface area contributed by atoms with Crippen molar-refractivity contribution < 1.29 is 15.0 Å². The zero-order valence-electron chi connectivity index (χ0n) is 12.5. The maximum atomic E-state index is 11.9. The summed E-state index contributed by atoms with van der Waals surface area (Å²) in [5, 5.41) is 22.2. The number of carbonyl (C=O) groups excluding carboxylic acids is 1. The summed E-state index contributed by atoms with van der Waals surface area (Å²) in [4.78, 5) is 11.9. The lowest BCUT2D eigenvalue weighted by Crippen LogP contribution is -2.38. The first-order valence-corrected chi connectivity index (χ1v) is 6.92. The molecule has 0 spiro atoms. The first-order chi connectivity index (χ1) is 9.27. The highest BCUT2D eigenvalue weighted by atomic mass is 16.3. The molecule has 4 heteroatoms. The van der Waals surface area contributed by atoms with Gasteiger partial charge in [-0.25, -0.2) is 0 Å². The molecule has 20 heavy (non-hydrogen) atoms. The van der Waals surface area contributed by atoms with E-state index < -0.39 is 5.60 Å². The zero-order chi connectivity index (χ0) is 15.2. The first kappa shape index (κ1) is 16.7. The van der Waals surface area contributed by atoms with Crippen molar-refractivity contribution in [3.05, 3.63) is 35.9 Å². The van der Waals surface area contributed by atoms with Crippen molar-refractivity contribution >= 4 is 5.91 Å². The minimum absolute atomic E-state index is 0.0201. The molecule has 0 saturated heterocycles. The molecule has 0 aliphatic heterocycles. The third-order valence-corrected chi connectivity index (χ3v) is 3.45. The Bertz CT molecular complexity index is 427. The zero-order valence-corrected chi connectivity index (χ0v) is 12.5. The Hall–Kier alpha value is -1.39. The van der Waals surface area contributed by atoms with Crippen molar-refractivity contribution in [2.24, 2.45) is 5.41 Å². The molecule has 1 unspecified atom stereocenters. The van der Waals surface area contributed by atoms with Crippen LogP contribution in [0.15, 0.2) is 30.3 Å². The summed E-state index contributed by atoms with van der Waals surface area (Å²) in [5.41, 5.74) is -0.597. The van der Waals surface area contributed by atoms with Crippen LogP contribution >= 0.6 is 0 Å². The highest BCUT2D eigenvalue weighted by Crippen LogP contribution is 2.24. The molecular formula is C16H25NO3. The third kappa shape index (κ3) is 5.31. The predicted octanol–water partition coefficient (Wildman–Crippen LogP) is 1.81. The summed E-state index contributed by atoms with van der Waals surface area (Å²) in [6, 6.07) is 9.17. The lowest BCUT2D eigenvalue weighted by Gasteiger charge is -2.26. The van der Waals surface area contributed by atoms with E-state index in [1.54, 1.807) is 6.92 Å². The maximum absolute atomic E-state index is 11.9. The van der Waals surface area contributed by atoms with Crippen LogP contribution in [0.2, 0.25) is 0 Å². The van der Waals surface area contributed by atoms with Gasteiger partial charge in [0.05, 0.1) is 12.0 Å². The lowest BCUT2D eigenvalue weighted by molar-refractivity contribution is -0.126. The Balaban J connectivity index is 2.54. The molecule has 1 amide bonds. The molecule has 4 nitrogen and oxygen atoms in total. The quantitative estimate of drug-likeness (QED) is 0.713. The van der Waals surface area contributed by atoms with Gasteiger partial charge in [-0.3, -0.25) is 4.79 Å². The lowest BCUT2D eigenvalue weighted by atomic mass is 9.89. The Kier molecular flexibility index (Phi) is 5.72. The van der Waals surface area contributed by atoms with Crippen LogP contribution in [0.5, 0.6) is 0 Å². The molecular weight excluding hydrogens is 254 g/mol. The van der Waals surface area contributed by atoms with Crippen molar-refractivity contribution in [2.75, 3.05) is 13.2 Å². The monoisotopic (exact) mass is 279 g/mol. The van der Waals surface area contributed by atoms with E-state index >= 15 is 0 Å². The van der Waals surface area contributed by atoms with Crippen LogP contribution in [0.1, 0.15) is 39.2 Å². The minimum atomic E-state index is -1.17. The van der Waals surface area contributed by atoms with Crippen molar-refractivity contribution in [1.29, 1.82) is 0 Å². The molecule has 3 N–H and O–H groups in total. The van der Waals surface area contributed by atoms with Crippen LogP contribution in [0.4, 0.5) is 0 Å². The summed E-state index contributed by atoms with van der Waals surface area (Å²) in [5.74, 6) is -0.190. The van der Waals surface area contributed by atoms with E-state index in [0.29, 0.717) is 13.0 Å². The molecule has 0 aromatic heterocycles. The van der Waals surface area contributed by atoms with Gasteiger partial charge in [0.25, 0.3) is 0 Å². The molecule has 1 atom stereocenters.